The van der Waals surface area contributed by atoms with Crippen molar-refractivity contribution in [1.82, 2.24) is 14.9 Å². The molecule has 5 rings (SSSR count). The molecule has 0 saturated heterocycles. The van der Waals surface area contributed by atoms with Crippen molar-refractivity contribution in [1.29, 1.82) is 0 Å². The average molecular weight is 462 g/mol. The van der Waals surface area contributed by atoms with Crippen LogP contribution >= 0.6 is 11.3 Å². The predicted molar refractivity (Wildman–Crippen MR) is 128 cm³/mol. The fraction of sp³-hybridized carbons (Fsp3) is 0.240. The molecule has 33 heavy (non-hydrogen) atoms. The molecule has 7 nitrogen and oxygen atoms in total. The van der Waals surface area contributed by atoms with Gasteiger partial charge in [-0.1, -0.05) is 36.4 Å². The molecule has 8 heteroatoms. The van der Waals surface area contributed by atoms with Gasteiger partial charge in [0.2, 0.25) is 5.91 Å². The fourth-order valence-corrected chi connectivity index (χ4v) is 5.01. The number of carbonyl (C=O) groups excluding carboxylic acids is 1. The van der Waals surface area contributed by atoms with Crippen LogP contribution in [0.4, 0.5) is 0 Å². The summed E-state index contributed by atoms with van der Waals surface area (Å²) in [5, 5.41) is 3.46. The summed E-state index contributed by atoms with van der Waals surface area (Å²) in [5.74, 6) is 1.25. The first-order valence-corrected chi connectivity index (χ1v) is 11.6. The number of hydrogen-bond acceptors (Lipinski definition) is 6. The number of amides is 1. The van der Waals surface area contributed by atoms with Crippen LogP contribution in [0.5, 0.6) is 11.5 Å². The summed E-state index contributed by atoms with van der Waals surface area (Å²) < 4.78 is 12.5. The quantitative estimate of drug-likeness (QED) is 0.475. The number of aryl methyl sites for hydroxylation is 1. The zero-order valence-corrected chi connectivity index (χ0v) is 19.0. The normalized spacial score (nSPS) is 12.6. The number of nitrogens with one attached hydrogen (secondary N) is 1. The van der Waals surface area contributed by atoms with E-state index in [0.29, 0.717) is 36.4 Å². The first-order chi connectivity index (χ1) is 16.1. The first kappa shape index (κ1) is 21.2. The van der Waals surface area contributed by atoms with E-state index in [1.54, 1.807) is 0 Å². The predicted octanol–water partition coefficient (Wildman–Crippen LogP) is 3.56. The van der Waals surface area contributed by atoms with Crippen molar-refractivity contribution in [2.24, 2.45) is 0 Å². The van der Waals surface area contributed by atoms with Crippen molar-refractivity contribution in [3.63, 3.8) is 0 Å². The summed E-state index contributed by atoms with van der Waals surface area (Å²) in [7, 11) is 0. The molecule has 2 aromatic heterocycles. The molecule has 1 aliphatic rings. The van der Waals surface area contributed by atoms with Crippen molar-refractivity contribution >= 4 is 27.5 Å². The Balaban J connectivity index is 1.29. The third-order valence-electron chi connectivity index (χ3n) is 5.57. The molecule has 0 unspecified atom stereocenters. The number of hydrogen-bond donors (Lipinski definition) is 1. The number of aromatic nitrogens is 2. The van der Waals surface area contributed by atoms with Gasteiger partial charge in [-0.3, -0.25) is 14.2 Å². The van der Waals surface area contributed by atoms with Crippen LogP contribution in [0.1, 0.15) is 10.4 Å². The summed E-state index contributed by atoms with van der Waals surface area (Å²) in [6, 6.07) is 15.6. The molecular formula is C25H23N3O4S. The van der Waals surface area contributed by atoms with Gasteiger partial charge in [0, 0.05) is 17.0 Å². The van der Waals surface area contributed by atoms with Gasteiger partial charge in [0.05, 0.1) is 11.7 Å². The third-order valence-corrected chi connectivity index (χ3v) is 6.59. The lowest BCUT2D eigenvalue weighted by Gasteiger charge is -2.18. The van der Waals surface area contributed by atoms with Gasteiger partial charge in [0.25, 0.3) is 5.56 Å². The van der Waals surface area contributed by atoms with Gasteiger partial charge >= 0.3 is 0 Å². The lowest BCUT2D eigenvalue weighted by Crippen LogP contribution is -2.33. The second-order valence-electron chi connectivity index (χ2n) is 7.84. The van der Waals surface area contributed by atoms with Gasteiger partial charge < -0.3 is 14.8 Å². The number of nitrogens with zero attached hydrogens (tertiary/aromatic N) is 2. The molecule has 0 radical (unpaired) electrons. The topological polar surface area (TPSA) is 82.5 Å². The van der Waals surface area contributed by atoms with E-state index in [9.17, 15) is 9.59 Å². The van der Waals surface area contributed by atoms with Gasteiger partial charge in [-0.2, -0.15) is 0 Å². The van der Waals surface area contributed by atoms with E-state index in [0.717, 1.165) is 33.1 Å². The third kappa shape index (κ3) is 4.34. The number of rotatable bonds is 6. The summed E-state index contributed by atoms with van der Waals surface area (Å²) in [6.45, 7) is 3.46. The molecule has 0 saturated carbocycles. The fourth-order valence-electron chi connectivity index (χ4n) is 4.00. The monoisotopic (exact) mass is 461 g/mol. The van der Waals surface area contributed by atoms with Gasteiger partial charge in [-0.15, -0.1) is 11.3 Å². The van der Waals surface area contributed by atoms with E-state index in [1.165, 1.54) is 22.2 Å². The first-order valence-electron chi connectivity index (χ1n) is 10.8. The molecule has 168 valence electrons. The minimum Gasteiger partial charge on any atom is -0.486 e. The molecule has 0 atom stereocenters. The highest BCUT2D eigenvalue weighted by atomic mass is 32.1. The van der Waals surface area contributed by atoms with E-state index in [2.05, 4.69) is 10.3 Å². The SMILES string of the molecule is Cc1sc2ncn(CC(=O)NCCc3ccc4c(c3)OCCO4)c(=O)c2c1-c1ccccc1. The Morgan fingerprint density at radius 1 is 1.12 bits per heavy atom. The molecule has 1 aliphatic heterocycles. The lowest BCUT2D eigenvalue weighted by atomic mass is 10.0. The molecule has 4 aromatic rings. The highest BCUT2D eigenvalue weighted by molar-refractivity contribution is 7.19. The molecule has 0 aliphatic carbocycles. The maximum absolute atomic E-state index is 13.2. The number of thiophene rings is 1. The summed E-state index contributed by atoms with van der Waals surface area (Å²) in [6.07, 6.45) is 2.10. The Kier molecular flexibility index (Phi) is 5.83. The number of carbonyl (C=O) groups is 1. The van der Waals surface area contributed by atoms with Gasteiger partial charge in [0.15, 0.2) is 11.5 Å². The zero-order chi connectivity index (χ0) is 22.8. The van der Waals surface area contributed by atoms with Crippen molar-refractivity contribution < 1.29 is 14.3 Å². The van der Waals surface area contributed by atoms with Crippen LogP contribution in [0, 0.1) is 6.92 Å². The summed E-state index contributed by atoms with van der Waals surface area (Å²) >= 11 is 1.49. The van der Waals surface area contributed by atoms with Crippen LogP contribution in [-0.2, 0) is 17.8 Å². The van der Waals surface area contributed by atoms with Gasteiger partial charge in [0.1, 0.15) is 24.6 Å². The van der Waals surface area contributed by atoms with Crippen LogP contribution in [-0.4, -0.2) is 35.2 Å². The van der Waals surface area contributed by atoms with E-state index >= 15 is 0 Å². The highest BCUT2D eigenvalue weighted by Crippen LogP contribution is 2.35. The van der Waals surface area contributed by atoms with E-state index < -0.39 is 0 Å². The molecule has 3 heterocycles. The van der Waals surface area contributed by atoms with Crippen LogP contribution in [0.3, 0.4) is 0 Å². The minimum absolute atomic E-state index is 0.0773. The maximum atomic E-state index is 13.2. The molecule has 0 spiro atoms. The highest BCUT2D eigenvalue weighted by Gasteiger charge is 2.18. The largest absolute Gasteiger partial charge is 0.486 e. The molecular weight excluding hydrogens is 438 g/mol. The molecule has 0 fully saturated rings. The number of fused-ring (bicyclic) bond motifs is 2. The van der Waals surface area contributed by atoms with Gasteiger partial charge in [-0.25, -0.2) is 4.98 Å². The lowest BCUT2D eigenvalue weighted by molar-refractivity contribution is -0.121. The summed E-state index contributed by atoms with van der Waals surface area (Å²) in [5.41, 5.74) is 2.70. The van der Waals surface area contributed by atoms with Crippen LogP contribution < -0.4 is 20.3 Å². The number of benzene rings is 2. The maximum Gasteiger partial charge on any atom is 0.263 e. The Morgan fingerprint density at radius 2 is 1.91 bits per heavy atom. The van der Waals surface area contributed by atoms with Crippen LogP contribution in [0.25, 0.3) is 21.3 Å². The molecule has 2 aromatic carbocycles. The van der Waals surface area contributed by atoms with Crippen LogP contribution in [0.15, 0.2) is 59.7 Å². The van der Waals surface area contributed by atoms with E-state index in [-0.39, 0.29) is 18.0 Å². The van der Waals surface area contributed by atoms with Crippen molar-refractivity contribution in [2.45, 2.75) is 19.9 Å². The summed E-state index contributed by atoms with van der Waals surface area (Å²) in [4.78, 5) is 31.9. The molecule has 1 amide bonds. The zero-order valence-electron chi connectivity index (χ0n) is 18.2. The standard InChI is InChI=1S/C25H23N3O4S/c1-16-22(18-5-3-2-4-6-18)23-24(33-16)27-15-28(25(23)30)14-21(29)26-10-9-17-7-8-19-20(13-17)32-12-11-31-19/h2-8,13,15H,9-12,14H2,1H3,(H,26,29). The Bertz CT molecular complexity index is 1380. The average Bonchev–Trinajstić information content (AvgIpc) is 3.18. The molecule has 0 bridgehead atoms. The Labute approximate surface area is 194 Å². The number of ether oxygens (including phenoxy) is 2. The van der Waals surface area contributed by atoms with Crippen molar-refractivity contribution in [3.05, 3.63) is 75.7 Å². The minimum atomic E-state index is -0.232. The Morgan fingerprint density at radius 3 is 2.73 bits per heavy atom. The second-order valence-corrected chi connectivity index (χ2v) is 9.04. The Hall–Kier alpha value is -3.65. The van der Waals surface area contributed by atoms with Crippen molar-refractivity contribution in [3.8, 4) is 22.6 Å². The molecule has 1 N–H and O–H groups in total. The van der Waals surface area contributed by atoms with Crippen molar-refractivity contribution in [2.75, 3.05) is 19.8 Å². The second kappa shape index (κ2) is 9.07. The van der Waals surface area contributed by atoms with E-state index in [4.69, 9.17) is 9.47 Å². The smallest absolute Gasteiger partial charge is 0.263 e. The van der Waals surface area contributed by atoms with Gasteiger partial charge in [-0.05, 0) is 36.6 Å². The van der Waals surface area contributed by atoms with E-state index in [1.807, 2.05) is 55.5 Å². The van der Waals surface area contributed by atoms with Crippen LogP contribution in [0.2, 0.25) is 0 Å².